The van der Waals surface area contributed by atoms with E-state index >= 15 is 0 Å². The number of aliphatic carboxylic acids is 1. The molecule has 1 aliphatic rings. The van der Waals surface area contributed by atoms with Crippen LogP contribution in [0.3, 0.4) is 0 Å². The van der Waals surface area contributed by atoms with E-state index in [1.807, 2.05) is 0 Å². The Morgan fingerprint density at radius 3 is 2.54 bits per heavy atom. The van der Waals surface area contributed by atoms with Gasteiger partial charge in [0, 0.05) is 13.1 Å². The number of methoxy groups -OCH3 is 1. The lowest BCUT2D eigenvalue weighted by Gasteiger charge is -2.43. The third-order valence-corrected chi connectivity index (χ3v) is 3.64. The normalized spacial score (nSPS) is 16.8. The van der Waals surface area contributed by atoms with Crippen LogP contribution in [0.4, 0.5) is 4.79 Å². The van der Waals surface area contributed by atoms with Crippen LogP contribution in [0.1, 0.15) is 32.4 Å². The Bertz CT molecular complexity index is 605. The second kappa shape index (κ2) is 7.09. The topological polar surface area (TPSA) is 88.1 Å². The van der Waals surface area contributed by atoms with Gasteiger partial charge < -0.3 is 19.9 Å². The lowest BCUT2D eigenvalue weighted by Crippen LogP contribution is -2.61. The molecule has 2 rings (SSSR count). The number of ether oxygens (including phenoxy) is 2. The minimum atomic E-state index is -0.932. The maximum absolute atomic E-state index is 11.7. The highest BCUT2D eigenvalue weighted by atomic mass is 16.6. The molecule has 0 bridgehead atoms. The van der Waals surface area contributed by atoms with Crippen molar-refractivity contribution < 1.29 is 24.2 Å². The summed E-state index contributed by atoms with van der Waals surface area (Å²) in [5.41, 5.74) is 0.0927. The van der Waals surface area contributed by atoms with Crippen LogP contribution in [-0.2, 0) is 9.53 Å². The number of carbonyl (C=O) groups is 2. The van der Waals surface area contributed by atoms with Crippen molar-refractivity contribution >= 4 is 12.1 Å². The number of benzene rings is 1. The highest BCUT2D eigenvalue weighted by molar-refractivity contribution is 5.76. The number of rotatable bonds is 5. The molecule has 1 amide bonds. The maximum Gasteiger partial charge on any atom is 0.407 e. The van der Waals surface area contributed by atoms with E-state index in [1.165, 1.54) is 0 Å². The molecule has 0 radical (unpaired) electrons. The molecular formula is C17H24N2O5. The SMILES string of the molecule is COc1cccc([C@@H](C(=O)O)N2CC(NC(=O)OC(C)(C)C)C2)c1. The van der Waals surface area contributed by atoms with Gasteiger partial charge in [0.2, 0.25) is 0 Å². The lowest BCUT2D eigenvalue weighted by molar-refractivity contribution is -0.145. The molecule has 0 aromatic heterocycles. The fourth-order valence-electron chi connectivity index (χ4n) is 2.61. The van der Waals surface area contributed by atoms with E-state index in [0.29, 0.717) is 24.4 Å². The molecule has 0 saturated carbocycles. The van der Waals surface area contributed by atoms with E-state index in [1.54, 1.807) is 57.0 Å². The number of hydrogen-bond acceptors (Lipinski definition) is 5. The highest BCUT2D eigenvalue weighted by Gasteiger charge is 2.38. The molecule has 132 valence electrons. The first-order valence-electron chi connectivity index (χ1n) is 7.80. The first-order chi connectivity index (χ1) is 11.2. The quantitative estimate of drug-likeness (QED) is 0.855. The zero-order valence-corrected chi connectivity index (χ0v) is 14.4. The minimum Gasteiger partial charge on any atom is -0.497 e. The standard InChI is InChI=1S/C17H24N2O5/c1-17(2,3)24-16(22)18-12-9-19(10-12)14(15(20)21)11-6-5-7-13(8-11)23-4/h5-8,12,14H,9-10H2,1-4H3,(H,18,22)(H,20,21)/t14-/m0/s1. The van der Waals surface area contributed by atoms with Crippen molar-refractivity contribution in [1.29, 1.82) is 0 Å². The van der Waals surface area contributed by atoms with Crippen molar-refractivity contribution in [2.75, 3.05) is 20.2 Å². The van der Waals surface area contributed by atoms with Gasteiger partial charge >= 0.3 is 12.1 Å². The van der Waals surface area contributed by atoms with Gasteiger partial charge in [-0.1, -0.05) is 12.1 Å². The number of hydrogen-bond donors (Lipinski definition) is 2. The van der Waals surface area contributed by atoms with Crippen molar-refractivity contribution in [1.82, 2.24) is 10.2 Å². The van der Waals surface area contributed by atoms with Crippen LogP contribution in [0.5, 0.6) is 5.75 Å². The minimum absolute atomic E-state index is 0.118. The van der Waals surface area contributed by atoms with Gasteiger partial charge in [0.05, 0.1) is 13.2 Å². The number of carboxylic acids is 1. The predicted octanol–water partition coefficient (Wildman–Crippen LogP) is 2.03. The van der Waals surface area contributed by atoms with Gasteiger partial charge in [0.15, 0.2) is 0 Å². The molecule has 1 saturated heterocycles. The summed E-state index contributed by atoms with van der Waals surface area (Å²) >= 11 is 0. The third-order valence-electron chi connectivity index (χ3n) is 3.64. The fraction of sp³-hybridized carbons (Fsp3) is 0.529. The zero-order valence-electron chi connectivity index (χ0n) is 14.4. The fourth-order valence-corrected chi connectivity index (χ4v) is 2.61. The first-order valence-corrected chi connectivity index (χ1v) is 7.80. The van der Waals surface area contributed by atoms with E-state index in [0.717, 1.165) is 0 Å². The summed E-state index contributed by atoms with van der Waals surface area (Å²) in [4.78, 5) is 25.2. The first kappa shape index (κ1) is 18.1. The molecule has 7 heteroatoms. The van der Waals surface area contributed by atoms with Gasteiger partial charge in [-0.2, -0.15) is 0 Å². The summed E-state index contributed by atoms with van der Waals surface area (Å²) in [6.45, 7) is 6.29. The average molecular weight is 336 g/mol. The van der Waals surface area contributed by atoms with Crippen LogP contribution >= 0.6 is 0 Å². The van der Waals surface area contributed by atoms with Crippen molar-refractivity contribution in [3.63, 3.8) is 0 Å². The van der Waals surface area contributed by atoms with Gasteiger partial charge in [-0.15, -0.1) is 0 Å². The second-order valence-corrected chi connectivity index (χ2v) is 6.81. The van der Waals surface area contributed by atoms with Crippen molar-refractivity contribution in [2.24, 2.45) is 0 Å². The number of carbonyl (C=O) groups excluding carboxylic acids is 1. The molecule has 7 nitrogen and oxygen atoms in total. The molecule has 1 atom stereocenters. The van der Waals surface area contributed by atoms with Crippen molar-refractivity contribution in [2.45, 2.75) is 38.5 Å². The van der Waals surface area contributed by atoms with E-state index in [9.17, 15) is 14.7 Å². The van der Waals surface area contributed by atoms with E-state index in [-0.39, 0.29) is 6.04 Å². The molecule has 0 aliphatic carbocycles. The Balaban J connectivity index is 1.96. The summed E-state index contributed by atoms with van der Waals surface area (Å²) < 4.78 is 10.4. The van der Waals surface area contributed by atoms with Crippen LogP contribution in [-0.4, -0.2) is 53.9 Å². The van der Waals surface area contributed by atoms with E-state index in [4.69, 9.17) is 9.47 Å². The molecule has 0 spiro atoms. The van der Waals surface area contributed by atoms with Crippen LogP contribution in [0, 0.1) is 0 Å². The molecule has 1 fully saturated rings. The summed E-state index contributed by atoms with van der Waals surface area (Å²) in [6, 6.07) is 6.12. The Labute approximate surface area is 141 Å². The Hall–Kier alpha value is -2.28. The van der Waals surface area contributed by atoms with Gasteiger partial charge in [-0.25, -0.2) is 4.79 Å². The molecule has 24 heavy (non-hydrogen) atoms. The molecule has 1 heterocycles. The van der Waals surface area contributed by atoms with Crippen LogP contribution in [0.25, 0.3) is 0 Å². The number of amides is 1. The van der Waals surface area contributed by atoms with Gasteiger partial charge in [0.1, 0.15) is 17.4 Å². The van der Waals surface area contributed by atoms with Gasteiger partial charge in [-0.3, -0.25) is 9.69 Å². The van der Waals surface area contributed by atoms with E-state index < -0.39 is 23.7 Å². The summed E-state index contributed by atoms with van der Waals surface area (Å²) in [7, 11) is 1.54. The van der Waals surface area contributed by atoms with Crippen LogP contribution in [0.2, 0.25) is 0 Å². The largest absolute Gasteiger partial charge is 0.497 e. The monoisotopic (exact) mass is 336 g/mol. The molecule has 1 aromatic carbocycles. The Morgan fingerprint density at radius 1 is 1.33 bits per heavy atom. The summed E-state index contributed by atoms with van der Waals surface area (Å²) in [6.07, 6.45) is -0.486. The second-order valence-electron chi connectivity index (χ2n) is 6.81. The number of carboxylic acid groups (broad SMARTS) is 1. The zero-order chi connectivity index (χ0) is 17.9. The van der Waals surface area contributed by atoms with Gasteiger partial charge in [0.25, 0.3) is 0 Å². The maximum atomic E-state index is 11.7. The smallest absolute Gasteiger partial charge is 0.407 e. The molecule has 1 aromatic rings. The summed E-state index contributed by atoms with van der Waals surface area (Å²) in [5, 5.41) is 12.3. The number of likely N-dealkylation sites (tertiary alicyclic amines) is 1. The summed E-state index contributed by atoms with van der Waals surface area (Å²) in [5.74, 6) is -0.318. The van der Waals surface area contributed by atoms with Gasteiger partial charge in [-0.05, 0) is 38.5 Å². The number of nitrogens with one attached hydrogen (secondary N) is 1. The van der Waals surface area contributed by atoms with E-state index in [2.05, 4.69) is 5.32 Å². The molecule has 2 N–H and O–H groups in total. The van der Waals surface area contributed by atoms with Crippen LogP contribution in [0.15, 0.2) is 24.3 Å². The Kier molecular flexibility index (Phi) is 5.33. The Morgan fingerprint density at radius 2 is 2.00 bits per heavy atom. The lowest BCUT2D eigenvalue weighted by atomic mass is 9.99. The molecule has 0 unspecified atom stereocenters. The highest BCUT2D eigenvalue weighted by Crippen LogP contribution is 2.28. The predicted molar refractivity (Wildman–Crippen MR) is 88.1 cm³/mol. The van der Waals surface area contributed by atoms with Crippen molar-refractivity contribution in [3.8, 4) is 5.75 Å². The van der Waals surface area contributed by atoms with Crippen molar-refractivity contribution in [3.05, 3.63) is 29.8 Å². The number of alkyl carbamates (subject to hydrolysis) is 1. The third kappa shape index (κ3) is 4.61. The van der Waals surface area contributed by atoms with Crippen LogP contribution < -0.4 is 10.1 Å². The molecule has 1 aliphatic heterocycles. The number of nitrogens with zero attached hydrogens (tertiary/aromatic N) is 1. The average Bonchev–Trinajstić information content (AvgIpc) is 2.42. The molecular weight excluding hydrogens is 312 g/mol.